The molecule has 1 spiro atoms. The second-order valence-corrected chi connectivity index (χ2v) is 8.29. The Kier molecular flexibility index (Phi) is 4.50. The molecule has 2 aromatic carbocycles. The van der Waals surface area contributed by atoms with Gasteiger partial charge in [0.05, 0.1) is 21.8 Å². The highest BCUT2D eigenvalue weighted by molar-refractivity contribution is 6.43. The van der Waals surface area contributed by atoms with Gasteiger partial charge in [0.25, 0.3) is 0 Å². The molecule has 5 rings (SSSR count). The summed E-state index contributed by atoms with van der Waals surface area (Å²) < 4.78 is 1.62. The number of nitrogens with zero attached hydrogens (tertiary/aromatic N) is 4. The van der Waals surface area contributed by atoms with Crippen molar-refractivity contribution < 1.29 is 0 Å². The maximum Gasteiger partial charge on any atom is 0.248 e. The van der Waals surface area contributed by atoms with E-state index in [0.717, 1.165) is 32.4 Å². The van der Waals surface area contributed by atoms with Gasteiger partial charge in [0.1, 0.15) is 0 Å². The first kappa shape index (κ1) is 17.9. The predicted octanol–water partition coefficient (Wildman–Crippen LogP) is 4.15. The van der Waals surface area contributed by atoms with Crippen LogP contribution in [0.25, 0.3) is 5.69 Å². The van der Waals surface area contributed by atoms with Crippen LogP contribution in [0.15, 0.2) is 42.5 Å². The number of tetrazole rings is 1. The van der Waals surface area contributed by atoms with Crippen LogP contribution < -0.4 is 10.6 Å². The van der Waals surface area contributed by atoms with E-state index in [-0.39, 0.29) is 11.5 Å². The molecule has 1 unspecified atom stereocenters. The Morgan fingerprint density at radius 3 is 2.75 bits per heavy atom. The summed E-state index contributed by atoms with van der Waals surface area (Å²) in [5, 5.41) is 20.2. The van der Waals surface area contributed by atoms with Gasteiger partial charge in [0.15, 0.2) is 0 Å². The molecule has 2 heterocycles. The van der Waals surface area contributed by atoms with Crippen molar-refractivity contribution in [3.05, 3.63) is 63.6 Å². The lowest BCUT2D eigenvalue weighted by Gasteiger charge is -2.35. The number of anilines is 1. The van der Waals surface area contributed by atoms with Crippen molar-refractivity contribution in [1.29, 1.82) is 0 Å². The van der Waals surface area contributed by atoms with Crippen LogP contribution in [0.5, 0.6) is 0 Å². The first-order valence-electron chi connectivity index (χ1n) is 9.47. The zero-order chi connectivity index (χ0) is 19.1. The van der Waals surface area contributed by atoms with E-state index in [4.69, 9.17) is 23.2 Å². The largest absolute Gasteiger partial charge is 0.346 e. The maximum atomic E-state index is 6.39. The molecule has 0 radical (unpaired) electrons. The molecule has 1 aliphatic carbocycles. The first-order chi connectivity index (χ1) is 13.7. The van der Waals surface area contributed by atoms with Crippen molar-refractivity contribution in [2.75, 3.05) is 18.4 Å². The zero-order valence-corrected chi connectivity index (χ0v) is 16.7. The van der Waals surface area contributed by atoms with Crippen LogP contribution in [0.4, 0.5) is 5.95 Å². The van der Waals surface area contributed by atoms with Gasteiger partial charge in [-0.25, -0.2) is 0 Å². The fourth-order valence-corrected chi connectivity index (χ4v) is 5.03. The lowest BCUT2D eigenvalue weighted by atomic mass is 9.74. The molecule has 1 saturated heterocycles. The first-order valence-corrected chi connectivity index (χ1v) is 10.2. The van der Waals surface area contributed by atoms with Crippen LogP contribution in [0, 0.1) is 0 Å². The van der Waals surface area contributed by atoms with E-state index in [9.17, 15) is 0 Å². The summed E-state index contributed by atoms with van der Waals surface area (Å²) in [5.41, 5.74) is 3.65. The molecule has 8 heteroatoms. The van der Waals surface area contributed by atoms with Gasteiger partial charge >= 0.3 is 0 Å². The van der Waals surface area contributed by atoms with Crippen molar-refractivity contribution in [3.63, 3.8) is 0 Å². The third-order valence-corrected chi connectivity index (χ3v) is 6.80. The molecule has 6 nitrogen and oxygen atoms in total. The number of halogens is 2. The Morgan fingerprint density at radius 1 is 1.07 bits per heavy atom. The summed E-state index contributed by atoms with van der Waals surface area (Å²) in [7, 11) is 0. The molecular weight excluding hydrogens is 395 g/mol. The lowest BCUT2D eigenvalue weighted by Crippen LogP contribution is -2.38. The molecule has 1 fully saturated rings. The number of hydrogen-bond donors (Lipinski definition) is 2. The van der Waals surface area contributed by atoms with Gasteiger partial charge in [-0.1, -0.05) is 58.6 Å². The molecule has 2 N–H and O–H groups in total. The van der Waals surface area contributed by atoms with Crippen molar-refractivity contribution in [2.45, 2.75) is 30.7 Å². The number of fused-ring (bicyclic) bond motifs is 2. The predicted molar refractivity (Wildman–Crippen MR) is 110 cm³/mol. The van der Waals surface area contributed by atoms with Crippen molar-refractivity contribution in [1.82, 2.24) is 25.5 Å². The van der Waals surface area contributed by atoms with E-state index in [1.54, 1.807) is 10.7 Å². The van der Waals surface area contributed by atoms with Crippen LogP contribution >= 0.6 is 23.2 Å². The number of piperidine rings is 1. The summed E-state index contributed by atoms with van der Waals surface area (Å²) >= 11 is 12.6. The monoisotopic (exact) mass is 414 g/mol. The van der Waals surface area contributed by atoms with E-state index < -0.39 is 0 Å². The molecule has 1 aromatic heterocycles. The second-order valence-electron chi connectivity index (χ2n) is 7.51. The van der Waals surface area contributed by atoms with E-state index in [0.29, 0.717) is 21.7 Å². The highest BCUT2D eigenvalue weighted by Gasteiger charge is 2.44. The standard InChI is InChI=1S/C20H20Cl2N6/c21-15-6-3-7-17(18(15)22)28-19(25-26-27-28)24-16-12-20(8-10-23-11-9-20)14-5-2-1-4-13(14)16/h1-7,16,23H,8-12H2,(H,24,25,27). The van der Waals surface area contributed by atoms with Crippen LogP contribution in [-0.4, -0.2) is 33.3 Å². The molecular formula is C20H20Cl2N6. The summed E-state index contributed by atoms with van der Waals surface area (Å²) in [6.45, 7) is 2.10. The van der Waals surface area contributed by atoms with Gasteiger partial charge in [-0.05, 0) is 66.0 Å². The number of benzene rings is 2. The topological polar surface area (TPSA) is 67.7 Å². The number of hydrogen-bond acceptors (Lipinski definition) is 5. The van der Waals surface area contributed by atoms with Gasteiger partial charge in [0, 0.05) is 5.41 Å². The normalized spacial score (nSPS) is 20.3. The summed E-state index contributed by atoms with van der Waals surface area (Å²) in [4.78, 5) is 0. The average molecular weight is 415 g/mol. The molecule has 3 aromatic rings. The second kappa shape index (κ2) is 7.03. The average Bonchev–Trinajstić information content (AvgIpc) is 3.29. The molecule has 1 aliphatic heterocycles. The van der Waals surface area contributed by atoms with E-state index in [1.807, 2.05) is 12.1 Å². The SMILES string of the molecule is Clc1cccc(-n2nnnc2NC2CC3(CCNCC3)c3ccccc32)c1Cl. The summed E-state index contributed by atoms with van der Waals surface area (Å²) in [5.74, 6) is 0.565. The minimum absolute atomic E-state index is 0.150. The number of aromatic nitrogens is 4. The summed E-state index contributed by atoms with van der Waals surface area (Å²) in [6.07, 6.45) is 3.32. The third-order valence-electron chi connectivity index (χ3n) is 6.00. The van der Waals surface area contributed by atoms with Gasteiger partial charge < -0.3 is 10.6 Å². The van der Waals surface area contributed by atoms with E-state index >= 15 is 0 Å². The van der Waals surface area contributed by atoms with Crippen molar-refractivity contribution in [2.24, 2.45) is 0 Å². The van der Waals surface area contributed by atoms with Crippen molar-refractivity contribution >= 4 is 29.2 Å². The Labute approximate surface area is 173 Å². The van der Waals surface area contributed by atoms with Gasteiger partial charge in [-0.2, -0.15) is 4.68 Å². The fourth-order valence-electron chi connectivity index (χ4n) is 4.65. The van der Waals surface area contributed by atoms with E-state index in [2.05, 4.69) is 50.4 Å². The zero-order valence-electron chi connectivity index (χ0n) is 15.2. The minimum atomic E-state index is 0.150. The molecule has 0 amide bonds. The maximum absolute atomic E-state index is 6.39. The van der Waals surface area contributed by atoms with Gasteiger partial charge in [-0.15, -0.1) is 0 Å². The summed E-state index contributed by atoms with van der Waals surface area (Å²) in [6, 6.07) is 14.3. The molecule has 28 heavy (non-hydrogen) atoms. The Bertz CT molecular complexity index is 1010. The van der Waals surface area contributed by atoms with Crippen molar-refractivity contribution in [3.8, 4) is 5.69 Å². The lowest BCUT2D eigenvalue weighted by molar-refractivity contribution is 0.297. The highest BCUT2D eigenvalue weighted by atomic mass is 35.5. The van der Waals surface area contributed by atoms with E-state index in [1.165, 1.54) is 11.1 Å². The molecule has 144 valence electrons. The molecule has 0 bridgehead atoms. The van der Waals surface area contributed by atoms with Crippen LogP contribution in [0.1, 0.15) is 36.4 Å². The quantitative estimate of drug-likeness (QED) is 0.673. The molecule has 1 atom stereocenters. The Morgan fingerprint density at radius 2 is 1.89 bits per heavy atom. The highest BCUT2D eigenvalue weighted by Crippen LogP contribution is 2.50. The fraction of sp³-hybridized carbons (Fsp3) is 0.350. The number of rotatable bonds is 3. The molecule has 0 saturated carbocycles. The number of nitrogens with one attached hydrogen (secondary N) is 2. The Hall–Kier alpha value is -2.15. The molecule has 2 aliphatic rings. The van der Waals surface area contributed by atoms with Gasteiger partial charge in [-0.3, -0.25) is 0 Å². The van der Waals surface area contributed by atoms with Crippen LogP contribution in [0.2, 0.25) is 10.0 Å². The smallest absolute Gasteiger partial charge is 0.248 e. The van der Waals surface area contributed by atoms with Crippen LogP contribution in [0.3, 0.4) is 0 Å². The Balaban J connectivity index is 1.50. The van der Waals surface area contributed by atoms with Gasteiger partial charge in [0.2, 0.25) is 5.95 Å². The minimum Gasteiger partial charge on any atom is -0.346 e. The third kappa shape index (κ3) is 2.87. The van der Waals surface area contributed by atoms with Crippen LogP contribution in [-0.2, 0) is 5.41 Å².